The van der Waals surface area contributed by atoms with Crippen molar-refractivity contribution in [3.63, 3.8) is 0 Å². The molecule has 1 aliphatic heterocycles. The van der Waals surface area contributed by atoms with Crippen molar-refractivity contribution in [2.75, 3.05) is 13.1 Å². The molecule has 0 aromatic carbocycles. The molecule has 22 heavy (non-hydrogen) atoms. The average Bonchev–Trinajstić information content (AvgIpc) is 2.92. The largest absolute Gasteiger partial charge is 0.337 e. The first-order valence-electron chi connectivity index (χ1n) is 7.40. The molecule has 1 unspecified atom stereocenters. The summed E-state index contributed by atoms with van der Waals surface area (Å²) in [5, 5.41) is 4.16. The van der Waals surface area contributed by atoms with Crippen molar-refractivity contribution in [2.24, 2.45) is 7.05 Å². The van der Waals surface area contributed by atoms with Crippen molar-refractivity contribution < 1.29 is 4.79 Å². The molecule has 1 N–H and O–H groups in total. The molecular formula is C15H19N5O2. The Morgan fingerprint density at radius 2 is 2.27 bits per heavy atom. The highest BCUT2D eigenvalue weighted by Gasteiger charge is 2.27. The van der Waals surface area contributed by atoms with Crippen LogP contribution in [-0.2, 0) is 7.05 Å². The van der Waals surface area contributed by atoms with Crippen LogP contribution in [0.3, 0.4) is 0 Å². The molecule has 7 heteroatoms. The number of aryl methyl sites for hydroxylation is 2. The molecular weight excluding hydrogens is 282 g/mol. The van der Waals surface area contributed by atoms with Crippen LogP contribution in [0.4, 0.5) is 0 Å². The number of hydrogen-bond acceptors (Lipinski definition) is 4. The monoisotopic (exact) mass is 301 g/mol. The summed E-state index contributed by atoms with van der Waals surface area (Å²) in [5.41, 5.74) is 1.01. The average molecular weight is 301 g/mol. The Morgan fingerprint density at radius 1 is 1.45 bits per heavy atom. The first-order chi connectivity index (χ1) is 10.5. The molecule has 0 spiro atoms. The molecule has 3 rings (SSSR count). The second-order valence-corrected chi connectivity index (χ2v) is 5.74. The number of aromatic nitrogens is 4. The number of nitrogens with zero attached hydrogens (tertiary/aromatic N) is 4. The van der Waals surface area contributed by atoms with Gasteiger partial charge in [0.25, 0.3) is 11.5 Å². The zero-order valence-corrected chi connectivity index (χ0v) is 12.7. The second-order valence-electron chi connectivity index (χ2n) is 5.74. The van der Waals surface area contributed by atoms with Crippen LogP contribution in [0.2, 0.25) is 0 Å². The van der Waals surface area contributed by atoms with E-state index in [1.165, 1.54) is 6.07 Å². The van der Waals surface area contributed by atoms with E-state index in [1.807, 2.05) is 0 Å². The van der Waals surface area contributed by atoms with E-state index >= 15 is 0 Å². The molecule has 1 amide bonds. The maximum atomic E-state index is 12.5. The molecule has 2 aromatic rings. The van der Waals surface area contributed by atoms with Crippen LogP contribution in [0.1, 0.15) is 40.8 Å². The number of carbonyl (C=O) groups excluding carboxylic acids is 1. The van der Waals surface area contributed by atoms with Gasteiger partial charge in [-0.25, -0.2) is 4.98 Å². The van der Waals surface area contributed by atoms with Crippen molar-refractivity contribution in [1.29, 1.82) is 0 Å². The molecule has 0 radical (unpaired) electrons. The Kier molecular flexibility index (Phi) is 3.79. The number of H-pyrrole nitrogens is 1. The molecule has 3 heterocycles. The predicted molar refractivity (Wildman–Crippen MR) is 80.7 cm³/mol. The Hall–Kier alpha value is -2.44. The van der Waals surface area contributed by atoms with Gasteiger partial charge in [-0.15, -0.1) is 0 Å². The Labute approximate surface area is 128 Å². The summed E-state index contributed by atoms with van der Waals surface area (Å²) in [7, 11) is 1.79. The van der Waals surface area contributed by atoms with Crippen LogP contribution >= 0.6 is 0 Å². The second kappa shape index (κ2) is 5.75. The minimum absolute atomic E-state index is 0.0639. The van der Waals surface area contributed by atoms with E-state index < -0.39 is 0 Å². The van der Waals surface area contributed by atoms with Gasteiger partial charge in [-0.05, 0) is 25.8 Å². The number of aromatic amines is 1. The van der Waals surface area contributed by atoms with E-state index in [0.29, 0.717) is 30.3 Å². The molecule has 1 atom stereocenters. The van der Waals surface area contributed by atoms with E-state index in [1.54, 1.807) is 35.8 Å². The molecule has 0 aliphatic carbocycles. The van der Waals surface area contributed by atoms with Gasteiger partial charge in [-0.1, -0.05) is 0 Å². The third-order valence-corrected chi connectivity index (χ3v) is 3.92. The summed E-state index contributed by atoms with van der Waals surface area (Å²) >= 11 is 0. The van der Waals surface area contributed by atoms with E-state index in [4.69, 9.17) is 0 Å². The van der Waals surface area contributed by atoms with E-state index in [-0.39, 0.29) is 17.4 Å². The Balaban J connectivity index is 1.79. The maximum absolute atomic E-state index is 12.5. The molecule has 7 nitrogen and oxygen atoms in total. The smallest absolute Gasteiger partial charge is 0.274 e. The standard InChI is InChI=1S/C15H19N5O2/c1-10-8-13(21)17-14(16-10)11-4-3-6-20(9-11)15(22)12-5-7-19(2)18-12/h5,7-8,11H,3-4,6,9H2,1-2H3,(H,16,17,21). The lowest BCUT2D eigenvalue weighted by Crippen LogP contribution is -2.40. The summed E-state index contributed by atoms with van der Waals surface area (Å²) in [4.78, 5) is 33.1. The topological polar surface area (TPSA) is 83.9 Å². The van der Waals surface area contributed by atoms with Gasteiger partial charge in [-0.3, -0.25) is 14.3 Å². The highest BCUT2D eigenvalue weighted by atomic mass is 16.2. The van der Waals surface area contributed by atoms with Crippen molar-refractivity contribution in [3.8, 4) is 0 Å². The van der Waals surface area contributed by atoms with Crippen molar-refractivity contribution in [3.05, 3.63) is 45.9 Å². The van der Waals surface area contributed by atoms with Gasteiger partial charge in [0.05, 0.1) is 0 Å². The molecule has 0 saturated carbocycles. The molecule has 1 saturated heterocycles. The van der Waals surface area contributed by atoms with E-state index in [0.717, 1.165) is 12.8 Å². The summed E-state index contributed by atoms with van der Waals surface area (Å²) in [6, 6.07) is 3.20. The van der Waals surface area contributed by atoms with Gasteiger partial charge in [0.15, 0.2) is 0 Å². The SMILES string of the molecule is Cc1cc(=O)[nH]c(C2CCCN(C(=O)c3ccn(C)n3)C2)n1. The fraction of sp³-hybridized carbons (Fsp3) is 0.467. The third kappa shape index (κ3) is 2.93. The lowest BCUT2D eigenvalue weighted by molar-refractivity contribution is 0.0697. The van der Waals surface area contributed by atoms with Crippen LogP contribution in [0, 0.1) is 6.92 Å². The fourth-order valence-electron chi connectivity index (χ4n) is 2.87. The maximum Gasteiger partial charge on any atom is 0.274 e. The third-order valence-electron chi connectivity index (χ3n) is 3.92. The summed E-state index contributed by atoms with van der Waals surface area (Å²) in [5.74, 6) is 0.665. The van der Waals surface area contributed by atoms with Crippen molar-refractivity contribution in [2.45, 2.75) is 25.7 Å². The number of rotatable bonds is 2. The fourth-order valence-corrected chi connectivity index (χ4v) is 2.87. The quantitative estimate of drug-likeness (QED) is 0.890. The van der Waals surface area contributed by atoms with Crippen LogP contribution in [0.25, 0.3) is 0 Å². The highest BCUT2D eigenvalue weighted by molar-refractivity contribution is 5.92. The first kappa shape index (κ1) is 14.5. The van der Waals surface area contributed by atoms with Crippen LogP contribution < -0.4 is 5.56 Å². The van der Waals surface area contributed by atoms with Gasteiger partial charge in [0.1, 0.15) is 11.5 Å². The normalized spacial score (nSPS) is 18.5. The van der Waals surface area contributed by atoms with Gasteiger partial charge in [0.2, 0.25) is 0 Å². The Morgan fingerprint density at radius 3 is 2.95 bits per heavy atom. The summed E-state index contributed by atoms with van der Waals surface area (Å²) in [6.45, 7) is 3.07. The van der Waals surface area contributed by atoms with Crippen LogP contribution in [0.5, 0.6) is 0 Å². The zero-order valence-electron chi connectivity index (χ0n) is 12.7. The number of amides is 1. The summed E-state index contributed by atoms with van der Waals surface area (Å²) < 4.78 is 1.62. The van der Waals surface area contributed by atoms with Gasteiger partial charge < -0.3 is 9.88 Å². The lowest BCUT2D eigenvalue weighted by atomic mass is 9.97. The summed E-state index contributed by atoms with van der Waals surface area (Å²) in [6.07, 6.45) is 3.56. The van der Waals surface area contributed by atoms with E-state index in [2.05, 4.69) is 15.1 Å². The number of nitrogens with one attached hydrogen (secondary N) is 1. The zero-order chi connectivity index (χ0) is 15.7. The first-order valence-corrected chi connectivity index (χ1v) is 7.40. The number of piperidine rings is 1. The van der Waals surface area contributed by atoms with Crippen LogP contribution in [0.15, 0.2) is 23.1 Å². The molecule has 2 aromatic heterocycles. The Bertz CT molecular complexity index is 748. The van der Waals surface area contributed by atoms with Crippen molar-refractivity contribution >= 4 is 5.91 Å². The molecule has 1 fully saturated rings. The minimum Gasteiger partial charge on any atom is -0.337 e. The van der Waals surface area contributed by atoms with Gasteiger partial charge >= 0.3 is 0 Å². The molecule has 0 bridgehead atoms. The van der Waals surface area contributed by atoms with Gasteiger partial charge in [0, 0.05) is 44.0 Å². The predicted octanol–water partition coefficient (Wildman–Crippen LogP) is 0.832. The van der Waals surface area contributed by atoms with E-state index in [9.17, 15) is 9.59 Å². The molecule has 116 valence electrons. The molecule has 1 aliphatic rings. The minimum atomic E-state index is -0.143. The highest BCUT2D eigenvalue weighted by Crippen LogP contribution is 2.24. The van der Waals surface area contributed by atoms with Crippen LogP contribution in [-0.4, -0.2) is 43.6 Å². The van der Waals surface area contributed by atoms with Crippen molar-refractivity contribution in [1.82, 2.24) is 24.6 Å². The number of likely N-dealkylation sites (tertiary alicyclic amines) is 1. The van der Waals surface area contributed by atoms with Gasteiger partial charge in [-0.2, -0.15) is 5.10 Å². The number of carbonyl (C=O) groups is 1. The lowest BCUT2D eigenvalue weighted by Gasteiger charge is -2.31. The number of hydrogen-bond donors (Lipinski definition) is 1.